The Morgan fingerprint density at radius 2 is 1.94 bits per heavy atom. The van der Waals surface area contributed by atoms with Gasteiger partial charge < -0.3 is 16.2 Å². The van der Waals surface area contributed by atoms with Gasteiger partial charge in [0.1, 0.15) is 11.6 Å². The zero-order valence-corrected chi connectivity index (χ0v) is 9.30. The van der Waals surface area contributed by atoms with Crippen LogP contribution in [0.5, 0.6) is 0 Å². The number of nitrogens with one attached hydrogen (secondary N) is 1. The predicted octanol–water partition coefficient (Wildman–Crippen LogP) is 1.58. The minimum Gasteiger partial charge on any atom is -0.396 e. The minimum atomic E-state index is -1.09. The summed E-state index contributed by atoms with van der Waals surface area (Å²) >= 11 is 0. The van der Waals surface area contributed by atoms with Crippen molar-refractivity contribution in [1.29, 1.82) is 0 Å². The number of nitrogens with two attached hydrogens (primary N) is 1. The summed E-state index contributed by atoms with van der Waals surface area (Å²) in [6.45, 7) is 3.96. The van der Waals surface area contributed by atoms with E-state index in [1.165, 1.54) is 0 Å². The first-order valence-corrected chi connectivity index (χ1v) is 5.07. The van der Waals surface area contributed by atoms with Crippen molar-refractivity contribution in [1.82, 2.24) is 5.32 Å². The SMILES string of the molecule is CC(C)NCC(O)c1cc(F)c(N)cc1F. The Kier molecular flexibility index (Phi) is 4.20. The minimum absolute atomic E-state index is 0.0835. The number of benzene rings is 1. The second kappa shape index (κ2) is 5.23. The van der Waals surface area contributed by atoms with Crippen LogP contribution in [0.15, 0.2) is 12.1 Å². The van der Waals surface area contributed by atoms with Crippen LogP contribution in [0.2, 0.25) is 0 Å². The molecule has 0 aliphatic rings. The third kappa shape index (κ3) is 3.15. The Morgan fingerprint density at radius 3 is 2.50 bits per heavy atom. The first-order valence-electron chi connectivity index (χ1n) is 5.07. The van der Waals surface area contributed by atoms with Gasteiger partial charge in [-0.25, -0.2) is 8.78 Å². The fraction of sp³-hybridized carbons (Fsp3) is 0.455. The van der Waals surface area contributed by atoms with Crippen LogP contribution in [0.4, 0.5) is 14.5 Å². The standard InChI is InChI=1S/C11H16F2N2O/c1-6(2)15-5-11(16)7-3-9(13)10(14)4-8(7)12/h3-4,6,11,15-16H,5,14H2,1-2H3. The number of aliphatic hydroxyl groups excluding tert-OH is 1. The van der Waals surface area contributed by atoms with Gasteiger partial charge in [0, 0.05) is 24.2 Å². The van der Waals surface area contributed by atoms with Crippen molar-refractivity contribution in [2.45, 2.75) is 26.0 Å². The molecule has 0 radical (unpaired) electrons. The van der Waals surface area contributed by atoms with Gasteiger partial charge in [0.25, 0.3) is 0 Å². The van der Waals surface area contributed by atoms with E-state index in [0.717, 1.165) is 12.1 Å². The summed E-state index contributed by atoms with van der Waals surface area (Å²) in [6.07, 6.45) is -1.09. The van der Waals surface area contributed by atoms with E-state index in [-0.39, 0.29) is 23.8 Å². The molecule has 0 saturated carbocycles. The van der Waals surface area contributed by atoms with Crippen molar-refractivity contribution in [2.24, 2.45) is 0 Å². The maximum atomic E-state index is 13.4. The third-order valence-electron chi connectivity index (χ3n) is 2.19. The number of hydrogen-bond acceptors (Lipinski definition) is 3. The molecule has 1 aromatic rings. The highest BCUT2D eigenvalue weighted by atomic mass is 19.1. The number of rotatable bonds is 4. The fourth-order valence-corrected chi connectivity index (χ4v) is 1.29. The van der Waals surface area contributed by atoms with E-state index in [0.29, 0.717) is 0 Å². The van der Waals surface area contributed by atoms with Gasteiger partial charge in [-0.15, -0.1) is 0 Å². The molecule has 3 nitrogen and oxygen atoms in total. The Balaban J connectivity index is 2.82. The van der Waals surface area contributed by atoms with E-state index >= 15 is 0 Å². The van der Waals surface area contributed by atoms with Crippen LogP contribution in [-0.4, -0.2) is 17.7 Å². The quantitative estimate of drug-likeness (QED) is 0.688. The second-order valence-electron chi connectivity index (χ2n) is 3.97. The van der Waals surface area contributed by atoms with Gasteiger partial charge in [0.15, 0.2) is 0 Å². The number of aliphatic hydroxyl groups is 1. The van der Waals surface area contributed by atoms with Gasteiger partial charge >= 0.3 is 0 Å². The second-order valence-corrected chi connectivity index (χ2v) is 3.97. The zero-order valence-electron chi connectivity index (χ0n) is 9.30. The van der Waals surface area contributed by atoms with Gasteiger partial charge in [-0.2, -0.15) is 0 Å². The van der Waals surface area contributed by atoms with Gasteiger partial charge in [-0.3, -0.25) is 0 Å². The van der Waals surface area contributed by atoms with Crippen molar-refractivity contribution < 1.29 is 13.9 Å². The molecule has 0 saturated heterocycles. The zero-order chi connectivity index (χ0) is 12.3. The third-order valence-corrected chi connectivity index (χ3v) is 2.19. The van der Waals surface area contributed by atoms with Gasteiger partial charge in [0.2, 0.25) is 0 Å². The van der Waals surface area contributed by atoms with E-state index in [9.17, 15) is 13.9 Å². The lowest BCUT2D eigenvalue weighted by atomic mass is 10.1. The summed E-state index contributed by atoms with van der Waals surface area (Å²) in [5.41, 5.74) is 4.86. The van der Waals surface area contributed by atoms with Gasteiger partial charge in [-0.05, 0) is 6.07 Å². The van der Waals surface area contributed by atoms with Gasteiger partial charge in [0.05, 0.1) is 11.8 Å². The van der Waals surface area contributed by atoms with Crippen molar-refractivity contribution in [3.8, 4) is 0 Å². The van der Waals surface area contributed by atoms with Crippen LogP contribution >= 0.6 is 0 Å². The number of nitrogen functional groups attached to an aromatic ring is 1. The average molecular weight is 230 g/mol. The highest BCUT2D eigenvalue weighted by Crippen LogP contribution is 2.21. The van der Waals surface area contributed by atoms with Crippen molar-refractivity contribution in [3.63, 3.8) is 0 Å². The molecule has 0 aromatic heterocycles. The maximum Gasteiger partial charge on any atom is 0.146 e. The maximum absolute atomic E-state index is 13.4. The highest BCUT2D eigenvalue weighted by molar-refractivity contribution is 5.42. The molecule has 90 valence electrons. The largest absolute Gasteiger partial charge is 0.396 e. The fourth-order valence-electron chi connectivity index (χ4n) is 1.29. The first-order chi connectivity index (χ1) is 7.41. The normalized spacial score (nSPS) is 13.1. The van der Waals surface area contributed by atoms with Crippen molar-refractivity contribution in [2.75, 3.05) is 12.3 Å². The summed E-state index contributed by atoms with van der Waals surface area (Å²) in [5.74, 6) is -1.42. The molecule has 0 aliphatic heterocycles. The molecule has 1 rings (SSSR count). The molecular weight excluding hydrogens is 214 g/mol. The molecule has 0 amide bonds. The predicted molar refractivity (Wildman–Crippen MR) is 58.9 cm³/mol. The Morgan fingerprint density at radius 1 is 1.31 bits per heavy atom. The van der Waals surface area contributed by atoms with Crippen LogP contribution in [0.3, 0.4) is 0 Å². The van der Waals surface area contributed by atoms with E-state index in [2.05, 4.69) is 5.32 Å². The number of halogens is 2. The summed E-state index contributed by atoms with van der Waals surface area (Å²) in [5, 5.41) is 12.6. The number of anilines is 1. The summed E-state index contributed by atoms with van der Waals surface area (Å²) in [7, 11) is 0. The summed E-state index contributed by atoms with van der Waals surface area (Å²) in [4.78, 5) is 0. The molecule has 1 unspecified atom stereocenters. The summed E-state index contributed by atoms with van der Waals surface area (Å²) < 4.78 is 26.5. The van der Waals surface area contributed by atoms with E-state index in [4.69, 9.17) is 5.73 Å². The molecule has 0 fully saturated rings. The first kappa shape index (κ1) is 12.9. The average Bonchev–Trinajstić information content (AvgIpc) is 2.20. The van der Waals surface area contributed by atoms with E-state index in [1.807, 2.05) is 13.8 Å². The van der Waals surface area contributed by atoms with Crippen molar-refractivity contribution >= 4 is 5.69 Å². The topological polar surface area (TPSA) is 58.3 Å². The van der Waals surface area contributed by atoms with Gasteiger partial charge in [-0.1, -0.05) is 13.8 Å². The highest BCUT2D eigenvalue weighted by Gasteiger charge is 2.15. The van der Waals surface area contributed by atoms with Crippen LogP contribution < -0.4 is 11.1 Å². The monoisotopic (exact) mass is 230 g/mol. The molecular formula is C11H16F2N2O. The molecule has 5 heteroatoms. The molecule has 0 heterocycles. The number of hydrogen-bond donors (Lipinski definition) is 3. The molecule has 0 bridgehead atoms. The van der Waals surface area contributed by atoms with Crippen molar-refractivity contribution in [3.05, 3.63) is 29.3 Å². The Labute approximate surface area is 93.3 Å². The van der Waals surface area contributed by atoms with Crippen LogP contribution in [0, 0.1) is 11.6 Å². The Hall–Kier alpha value is -1.20. The van der Waals surface area contributed by atoms with Crippen LogP contribution in [0.25, 0.3) is 0 Å². The molecule has 0 aliphatic carbocycles. The molecule has 1 aromatic carbocycles. The molecule has 1 atom stereocenters. The summed E-state index contributed by atoms with van der Waals surface area (Å²) in [6, 6.07) is 1.97. The lowest BCUT2D eigenvalue weighted by molar-refractivity contribution is 0.166. The van der Waals surface area contributed by atoms with E-state index < -0.39 is 17.7 Å². The van der Waals surface area contributed by atoms with E-state index in [1.54, 1.807) is 0 Å². The Bertz CT molecular complexity index is 369. The molecule has 16 heavy (non-hydrogen) atoms. The van der Waals surface area contributed by atoms with Crippen LogP contribution in [0.1, 0.15) is 25.5 Å². The molecule has 4 N–H and O–H groups in total. The lowest BCUT2D eigenvalue weighted by Gasteiger charge is -2.15. The lowest BCUT2D eigenvalue weighted by Crippen LogP contribution is -2.28. The smallest absolute Gasteiger partial charge is 0.146 e. The van der Waals surface area contributed by atoms with Crippen LogP contribution in [-0.2, 0) is 0 Å². The molecule has 0 spiro atoms.